The van der Waals surface area contributed by atoms with Crippen LogP contribution in [0.1, 0.15) is 103 Å². The van der Waals surface area contributed by atoms with Gasteiger partial charge in [-0.25, -0.2) is 0 Å². The van der Waals surface area contributed by atoms with Gasteiger partial charge in [0.15, 0.2) is 0 Å². The van der Waals surface area contributed by atoms with Gasteiger partial charge in [0.05, 0.1) is 16.9 Å². The summed E-state index contributed by atoms with van der Waals surface area (Å²) in [5.74, 6) is 0. The first-order valence-electron chi connectivity index (χ1n) is 21.3. The summed E-state index contributed by atoms with van der Waals surface area (Å²) in [6.45, 7) is 21.9. The number of nitrogens with zero attached hydrogens (tertiary/aromatic N) is 2. The van der Waals surface area contributed by atoms with Crippen molar-refractivity contribution in [3.05, 3.63) is 131 Å². The Morgan fingerprint density at radius 2 is 1.35 bits per heavy atom. The van der Waals surface area contributed by atoms with Crippen molar-refractivity contribution in [2.24, 2.45) is 0 Å². The Morgan fingerprint density at radius 3 is 2.12 bits per heavy atom. The highest BCUT2D eigenvalue weighted by molar-refractivity contribution is 7.26. The SMILES string of the molecule is Cc1cc2c3c(c1)N1c4c(cc(C(C)(C)C)cc4C4(C)CCCCC14C)B3c1ccc3sc4ccccc4c3c1N2c1ccc(C(C)(C)C)cc1-c1ccccc1. The van der Waals surface area contributed by atoms with Crippen LogP contribution in [-0.4, -0.2) is 12.3 Å². The second kappa shape index (κ2) is 11.7. The van der Waals surface area contributed by atoms with Crippen LogP contribution in [0.3, 0.4) is 0 Å². The van der Waals surface area contributed by atoms with E-state index < -0.39 is 0 Å². The normalized spacial score (nSPS) is 20.8. The molecule has 57 heavy (non-hydrogen) atoms. The summed E-state index contributed by atoms with van der Waals surface area (Å²) in [5, 5.41) is 2.72. The minimum Gasteiger partial charge on any atom is -0.335 e. The number of aryl methyl sites for hydroxylation is 1. The molecule has 3 aliphatic heterocycles. The quantitative estimate of drug-likeness (QED) is 0.162. The lowest BCUT2D eigenvalue weighted by atomic mass is 9.33. The molecule has 0 bridgehead atoms. The van der Waals surface area contributed by atoms with E-state index in [1.165, 1.54) is 118 Å². The van der Waals surface area contributed by atoms with Crippen molar-refractivity contribution in [3.63, 3.8) is 0 Å². The lowest BCUT2D eigenvalue weighted by Crippen LogP contribution is -2.64. The Bertz CT molecular complexity index is 2840. The van der Waals surface area contributed by atoms with Gasteiger partial charge < -0.3 is 9.80 Å². The molecule has 0 spiro atoms. The van der Waals surface area contributed by atoms with E-state index in [1.807, 2.05) is 11.3 Å². The van der Waals surface area contributed by atoms with Crippen LogP contribution in [0.15, 0.2) is 109 Å². The van der Waals surface area contributed by atoms with Gasteiger partial charge in [0.1, 0.15) is 0 Å². The standard InChI is InChI=1S/C53H53BN2S/c1-32-27-42-47-43(28-32)56-48-38(52(8)25-15-16-26-53(52,56)9)30-35(51(5,6)7)31-40(48)54(47)39-22-24-45-46(36-19-13-14-20-44(36)57-45)49(39)55(42)41-23-21-34(50(2,3)4)29-37(41)33-17-11-10-12-18-33/h10-14,17-24,27-31H,15-16,25-26H2,1-9H3. The molecule has 4 heteroatoms. The van der Waals surface area contributed by atoms with E-state index >= 15 is 0 Å². The topological polar surface area (TPSA) is 6.48 Å². The average molecular weight is 761 g/mol. The summed E-state index contributed by atoms with van der Waals surface area (Å²) < 4.78 is 2.69. The second-order valence-electron chi connectivity index (χ2n) is 20.2. The zero-order valence-corrected chi connectivity index (χ0v) is 35.9. The molecule has 11 rings (SSSR count). The van der Waals surface area contributed by atoms with E-state index in [4.69, 9.17) is 0 Å². The van der Waals surface area contributed by atoms with Crippen LogP contribution < -0.4 is 26.2 Å². The van der Waals surface area contributed by atoms with E-state index in [-0.39, 0.29) is 28.5 Å². The number of thiophene rings is 1. The third-order valence-corrected chi connectivity index (χ3v) is 15.9. The first-order valence-corrected chi connectivity index (χ1v) is 22.1. The first-order chi connectivity index (χ1) is 27.2. The number of rotatable bonds is 2. The van der Waals surface area contributed by atoms with Crippen molar-refractivity contribution in [1.82, 2.24) is 0 Å². The molecule has 2 nitrogen and oxygen atoms in total. The average Bonchev–Trinajstić information content (AvgIpc) is 3.66. The molecule has 2 unspecified atom stereocenters. The van der Waals surface area contributed by atoms with Gasteiger partial charge in [0.2, 0.25) is 0 Å². The fourth-order valence-electron chi connectivity index (χ4n) is 11.5. The summed E-state index contributed by atoms with van der Waals surface area (Å²) in [7, 11) is 0. The summed E-state index contributed by atoms with van der Waals surface area (Å²) in [4.78, 5) is 5.60. The van der Waals surface area contributed by atoms with Crippen LogP contribution in [0.4, 0.5) is 28.4 Å². The molecule has 1 fully saturated rings. The van der Waals surface area contributed by atoms with Crippen LogP contribution in [0, 0.1) is 6.92 Å². The highest BCUT2D eigenvalue weighted by atomic mass is 32.1. The van der Waals surface area contributed by atoms with Gasteiger partial charge in [-0.05, 0) is 118 Å². The third-order valence-electron chi connectivity index (χ3n) is 14.7. The first kappa shape index (κ1) is 35.4. The smallest absolute Gasteiger partial charge is 0.252 e. The highest BCUT2D eigenvalue weighted by Crippen LogP contribution is 2.62. The summed E-state index contributed by atoms with van der Waals surface area (Å²) in [6.07, 6.45) is 4.98. The number of hydrogen-bond donors (Lipinski definition) is 0. The van der Waals surface area contributed by atoms with Gasteiger partial charge in [-0.2, -0.15) is 0 Å². The van der Waals surface area contributed by atoms with Crippen molar-refractivity contribution in [3.8, 4) is 11.1 Å². The molecule has 1 saturated carbocycles. The third kappa shape index (κ3) is 4.71. The van der Waals surface area contributed by atoms with Gasteiger partial charge in [0.25, 0.3) is 6.71 Å². The Kier molecular flexibility index (Phi) is 7.24. The molecular weight excluding hydrogens is 707 g/mol. The maximum absolute atomic E-state index is 2.88. The molecule has 0 radical (unpaired) electrons. The van der Waals surface area contributed by atoms with Crippen molar-refractivity contribution >= 4 is 83.0 Å². The fraction of sp³-hybridized carbons (Fsp3) is 0.321. The minimum atomic E-state index is -0.0203. The zero-order valence-electron chi connectivity index (χ0n) is 35.1. The Morgan fingerprint density at radius 1 is 0.632 bits per heavy atom. The van der Waals surface area contributed by atoms with Crippen LogP contribution in [0.2, 0.25) is 0 Å². The molecule has 2 atom stereocenters. The number of anilines is 5. The van der Waals surface area contributed by atoms with Crippen LogP contribution in [0.25, 0.3) is 31.3 Å². The highest BCUT2D eigenvalue weighted by Gasteiger charge is 2.61. The molecular formula is C53H53BN2S. The largest absolute Gasteiger partial charge is 0.335 e. The molecule has 1 aromatic heterocycles. The van der Waals surface area contributed by atoms with Crippen LogP contribution in [-0.2, 0) is 16.2 Å². The van der Waals surface area contributed by atoms with Gasteiger partial charge in [-0.3, -0.25) is 0 Å². The molecule has 0 amide bonds. The Balaban J connectivity index is 1.32. The zero-order chi connectivity index (χ0) is 39.4. The molecule has 4 heterocycles. The number of benzene rings is 6. The monoisotopic (exact) mass is 760 g/mol. The molecule has 0 N–H and O–H groups in total. The van der Waals surface area contributed by atoms with Crippen molar-refractivity contribution in [2.45, 2.75) is 110 Å². The molecule has 1 aliphatic carbocycles. The van der Waals surface area contributed by atoms with Crippen molar-refractivity contribution in [1.29, 1.82) is 0 Å². The van der Waals surface area contributed by atoms with Crippen molar-refractivity contribution < 1.29 is 0 Å². The van der Waals surface area contributed by atoms with E-state index in [0.717, 1.165) is 0 Å². The van der Waals surface area contributed by atoms with E-state index in [9.17, 15) is 0 Å². The second-order valence-corrected chi connectivity index (χ2v) is 21.3. The lowest BCUT2D eigenvalue weighted by molar-refractivity contribution is 0.195. The van der Waals surface area contributed by atoms with Gasteiger partial charge in [0, 0.05) is 48.2 Å². The Labute approximate surface area is 343 Å². The summed E-state index contributed by atoms with van der Waals surface area (Å²) >= 11 is 1.93. The molecule has 0 saturated heterocycles. The molecule has 6 aromatic carbocycles. The van der Waals surface area contributed by atoms with Crippen LogP contribution >= 0.6 is 11.3 Å². The van der Waals surface area contributed by atoms with E-state index in [2.05, 4.69) is 181 Å². The van der Waals surface area contributed by atoms with E-state index in [0.29, 0.717) is 0 Å². The van der Waals surface area contributed by atoms with Gasteiger partial charge in [-0.1, -0.05) is 134 Å². The predicted molar refractivity (Wildman–Crippen MR) is 249 cm³/mol. The van der Waals surface area contributed by atoms with Gasteiger partial charge in [-0.15, -0.1) is 11.3 Å². The predicted octanol–water partition coefficient (Wildman–Crippen LogP) is 13.0. The Hall–Kier alpha value is -4.80. The van der Waals surface area contributed by atoms with Crippen molar-refractivity contribution in [2.75, 3.05) is 9.80 Å². The fourth-order valence-corrected chi connectivity index (χ4v) is 12.6. The summed E-state index contributed by atoms with van der Waals surface area (Å²) in [6, 6.07) is 42.8. The van der Waals surface area contributed by atoms with Gasteiger partial charge >= 0.3 is 0 Å². The maximum Gasteiger partial charge on any atom is 0.252 e. The molecule has 284 valence electrons. The summed E-state index contributed by atoms with van der Waals surface area (Å²) in [5.41, 5.74) is 19.5. The van der Waals surface area contributed by atoms with Crippen LogP contribution in [0.5, 0.6) is 0 Å². The number of hydrogen-bond acceptors (Lipinski definition) is 3. The minimum absolute atomic E-state index is 0.0102. The maximum atomic E-state index is 2.88. The molecule has 4 aliphatic rings. The lowest BCUT2D eigenvalue weighted by Gasteiger charge is -2.53. The molecule has 7 aromatic rings. The number of fused-ring (bicyclic) bond motifs is 11. The van der Waals surface area contributed by atoms with E-state index in [1.54, 1.807) is 5.56 Å².